The van der Waals surface area contributed by atoms with E-state index < -0.39 is 49.5 Å². The summed E-state index contributed by atoms with van der Waals surface area (Å²) < 4.78 is 11.2. The molecule has 56 heavy (non-hydrogen) atoms. The molecule has 1 fully saturated rings. The average molecular weight is 796 g/mol. The van der Waals surface area contributed by atoms with Gasteiger partial charge in [0.25, 0.3) is 0 Å². The van der Waals surface area contributed by atoms with Gasteiger partial charge < -0.3 is 40.3 Å². The van der Waals surface area contributed by atoms with Crippen LogP contribution in [-0.4, -0.2) is 87.5 Å². The van der Waals surface area contributed by atoms with Crippen LogP contribution in [0.5, 0.6) is 0 Å². The molecule has 1 heterocycles. The Bertz CT molecular complexity index is 930. The number of amides is 1. The van der Waals surface area contributed by atoms with Crippen LogP contribution in [0.15, 0.2) is 24.3 Å². The van der Waals surface area contributed by atoms with Crippen molar-refractivity contribution in [2.75, 3.05) is 13.2 Å². The van der Waals surface area contributed by atoms with Crippen molar-refractivity contribution in [1.29, 1.82) is 0 Å². The molecule has 6 N–H and O–H groups in total. The minimum atomic E-state index is -1.56. The summed E-state index contributed by atoms with van der Waals surface area (Å²) in [6.45, 7) is 3.77. The number of hydrogen-bond donors (Lipinski definition) is 6. The van der Waals surface area contributed by atoms with Gasteiger partial charge in [0.05, 0.1) is 25.4 Å². The molecule has 0 spiro atoms. The van der Waals surface area contributed by atoms with Gasteiger partial charge in [-0.15, -0.1) is 0 Å². The van der Waals surface area contributed by atoms with Crippen molar-refractivity contribution < 1.29 is 39.8 Å². The van der Waals surface area contributed by atoms with E-state index in [-0.39, 0.29) is 12.5 Å². The van der Waals surface area contributed by atoms with E-state index in [9.17, 15) is 30.3 Å². The van der Waals surface area contributed by atoms with E-state index in [0.29, 0.717) is 6.42 Å². The first kappa shape index (κ1) is 52.7. The third kappa shape index (κ3) is 28.2. The van der Waals surface area contributed by atoms with Crippen LogP contribution in [0.25, 0.3) is 0 Å². The monoisotopic (exact) mass is 796 g/mol. The van der Waals surface area contributed by atoms with E-state index in [1.54, 1.807) is 6.08 Å². The number of aliphatic hydroxyl groups is 5. The fourth-order valence-corrected chi connectivity index (χ4v) is 7.44. The van der Waals surface area contributed by atoms with Gasteiger partial charge in [0.1, 0.15) is 24.4 Å². The van der Waals surface area contributed by atoms with Crippen molar-refractivity contribution >= 4 is 5.91 Å². The molecule has 1 saturated heterocycles. The molecule has 9 nitrogen and oxygen atoms in total. The molecule has 0 radical (unpaired) electrons. The van der Waals surface area contributed by atoms with Gasteiger partial charge in [0, 0.05) is 6.42 Å². The Balaban J connectivity index is 2.35. The molecule has 1 rings (SSSR count). The summed E-state index contributed by atoms with van der Waals surface area (Å²) in [5, 5.41) is 54.2. The number of nitrogens with one attached hydrogen (secondary N) is 1. The maximum Gasteiger partial charge on any atom is 0.220 e. The summed E-state index contributed by atoms with van der Waals surface area (Å²) in [4.78, 5) is 13.0. The number of rotatable bonds is 39. The molecule has 0 aromatic heterocycles. The highest BCUT2D eigenvalue weighted by Crippen LogP contribution is 2.23. The predicted octanol–water partition coefficient (Wildman–Crippen LogP) is 9.89. The van der Waals surface area contributed by atoms with Crippen LogP contribution >= 0.6 is 0 Å². The van der Waals surface area contributed by atoms with Crippen molar-refractivity contribution in [2.45, 2.75) is 256 Å². The van der Waals surface area contributed by atoms with Crippen molar-refractivity contribution in [1.82, 2.24) is 5.32 Å². The molecule has 7 atom stereocenters. The maximum absolute atomic E-state index is 13.0. The summed E-state index contributed by atoms with van der Waals surface area (Å²) in [6, 6.07) is -0.803. The third-order valence-electron chi connectivity index (χ3n) is 11.3. The van der Waals surface area contributed by atoms with Gasteiger partial charge in [-0.25, -0.2) is 0 Å². The van der Waals surface area contributed by atoms with Crippen LogP contribution in [0.3, 0.4) is 0 Å². The molecule has 7 unspecified atom stereocenters. The van der Waals surface area contributed by atoms with Crippen LogP contribution in [0.4, 0.5) is 0 Å². The molecule has 0 aromatic carbocycles. The highest BCUT2D eigenvalue weighted by atomic mass is 16.7. The van der Waals surface area contributed by atoms with Gasteiger partial charge in [-0.1, -0.05) is 186 Å². The third-order valence-corrected chi connectivity index (χ3v) is 11.3. The van der Waals surface area contributed by atoms with E-state index in [0.717, 1.165) is 38.5 Å². The van der Waals surface area contributed by atoms with Crippen LogP contribution in [0, 0.1) is 0 Å². The number of aliphatic hydroxyl groups excluding tert-OH is 5. The number of carbonyl (C=O) groups is 1. The lowest BCUT2D eigenvalue weighted by Gasteiger charge is -2.40. The second-order valence-corrected chi connectivity index (χ2v) is 16.5. The summed E-state index contributed by atoms with van der Waals surface area (Å²) in [7, 11) is 0. The normalized spacial score (nSPS) is 21.3. The highest BCUT2D eigenvalue weighted by molar-refractivity contribution is 5.76. The van der Waals surface area contributed by atoms with Crippen molar-refractivity contribution in [3.8, 4) is 0 Å². The summed E-state index contributed by atoms with van der Waals surface area (Å²) in [5.74, 6) is -0.181. The number of hydrogen-bond acceptors (Lipinski definition) is 8. The molecule has 1 aliphatic heterocycles. The second kappa shape index (κ2) is 37.9. The Morgan fingerprint density at radius 1 is 0.589 bits per heavy atom. The van der Waals surface area contributed by atoms with Gasteiger partial charge in [0.15, 0.2) is 6.29 Å². The smallest absolute Gasteiger partial charge is 0.220 e. The van der Waals surface area contributed by atoms with Gasteiger partial charge in [-0.05, 0) is 44.9 Å². The molecule has 0 saturated carbocycles. The lowest BCUT2D eigenvalue weighted by Crippen LogP contribution is -2.60. The first-order valence-corrected chi connectivity index (χ1v) is 23.6. The van der Waals surface area contributed by atoms with Crippen LogP contribution < -0.4 is 5.32 Å². The van der Waals surface area contributed by atoms with E-state index in [1.807, 2.05) is 6.08 Å². The fourth-order valence-electron chi connectivity index (χ4n) is 7.44. The predicted molar refractivity (Wildman–Crippen MR) is 230 cm³/mol. The van der Waals surface area contributed by atoms with Crippen molar-refractivity contribution in [3.63, 3.8) is 0 Å². The van der Waals surface area contributed by atoms with E-state index in [1.165, 1.54) is 154 Å². The molecule has 0 bridgehead atoms. The molecule has 9 heteroatoms. The maximum atomic E-state index is 13.0. The molecular weight excluding hydrogens is 707 g/mol. The average Bonchev–Trinajstić information content (AvgIpc) is 3.20. The van der Waals surface area contributed by atoms with Crippen LogP contribution in [-0.2, 0) is 14.3 Å². The Morgan fingerprint density at radius 3 is 1.45 bits per heavy atom. The van der Waals surface area contributed by atoms with E-state index in [4.69, 9.17) is 9.47 Å². The second-order valence-electron chi connectivity index (χ2n) is 16.5. The highest BCUT2D eigenvalue weighted by Gasteiger charge is 2.44. The molecule has 330 valence electrons. The van der Waals surface area contributed by atoms with Crippen molar-refractivity contribution in [2.24, 2.45) is 0 Å². The van der Waals surface area contributed by atoms with Crippen LogP contribution in [0.2, 0.25) is 0 Å². The number of allylic oxidation sites excluding steroid dienone is 3. The number of unbranched alkanes of at least 4 members (excludes halogenated alkanes) is 27. The molecule has 1 aliphatic rings. The Morgan fingerprint density at radius 2 is 1.00 bits per heavy atom. The SMILES string of the molecule is CCCCCCCCC/C=C\CCCCCCCCCC(=O)NC(COC1OC(CO)C(O)C(O)C1O)C(O)/C=C/CCCCCCCCCCCCCCC. The van der Waals surface area contributed by atoms with Crippen LogP contribution in [0.1, 0.15) is 213 Å². The lowest BCUT2D eigenvalue weighted by atomic mass is 9.99. The zero-order valence-electron chi connectivity index (χ0n) is 36.1. The fraction of sp³-hybridized carbons (Fsp3) is 0.894. The summed E-state index contributed by atoms with van der Waals surface area (Å²) in [6.07, 6.45) is 37.8. The van der Waals surface area contributed by atoms with E-state index in [2.05, 4.69) is 31.3 Å². The largest absolute Gasteiger partial charge is 0.394 e. The Hall–Kier alpha value is -1.33. The Kier molecular flexibility index (Phi) is 35.7. The van der Waals surface area contributed by atoms with Gasteiger partial charge in [-0.2, -0.15) is 0 Å². The minimum absolute atomic E-state index is 0.181. The standard InChI is InChI=1S/C47H89NO8/c1-3-5-7-9-11-13-15-17-19-20-21-23-25-27-29-31-33-35-37-43(51)48-40(39-55-47-46(54)45(53)44(52)42(38-49)56-47)41(50)36-34-32-30-28-26-24-22-18-16-14-12-10-8-6-4-2/h19-20,34,36,40-42,44-47,49-50,52-54H,3-18,21-33,35,37-39H2,1-2H3,(H,48,51)/b20-19-,36-34+. The minimum Gasteiger partial charge on any atom is -0.394 e. The molecule has 1 amide bonds. The van der Waals surface area contributed by atoms with Crippen molar-refractivity contribution in [3.05, 3.63) is 24.3 Å². The summed E-state index contributed by atoms with van der Waals surface area (Å²) in [5.41, 5.74) is 0. The Labute approximate surface area is 343 Å². The van der Waals surface area contributed by atoms with Gasteiger partial charge >= 0.3 is 0 Å². The topological polar surface area (TPSA) is 149 Å². The number of ether oxygens (including phenoxy) is 2. The molecule has 0 aromatic rings. The first-order valence-electron chi connectivity index (χ1n) is 23.6. The van der Waals surface area contributed by atoms with Gasteiger partial charge in [0.2, 0.25) is 5.91 Å². The zero-order chi connectivity index (χ0) is 40.9. The summed E-state index contributed by atoms with van der Waals surface area (Å²) >= 11 is 0. The molecule has 0 aliphatic carbocycles. The number of carbonyl (C=O) groups excluding carboxylic acids is 1. The first-order chi connectivity index (χ1) is 27.3. The van der Waals surface area contributed by atoms with Gasteiger partial charge in [-0.3, -0.25) is 4.79 Å². The molecular formula is C47H89NO8. The lowest BCUT2D eigenvalue weighted by molar-refractivity contribution is -0.302. The van der Waals surface area contributed by atoms with E-state index >= 15 is 0 Å². The zero-order valence-corrected chi connectivity index (χ0v) is 36.1. The quantitative estimate of drug-likeness (QED) is 0.0266.